The Hall–Kier alpha value is -1.83. The zero-order valence-corrected chi connectivity index (χ0v) is 13.4. The number of nitrogens with one attached hydrogen (secondary N) is 1. The largest absolute Gasteiger partial charge is 0.495 e. The minimum Gasteiger partial charge on any atom is -0.495 e. The molecular formula is C16H15ClN2OS. The van der Waals surface area contributed by atoms with Gasteiger partial charge in [0.05, 0.1) is 23.4 Å². The van der Waals surface area contributed by atoms with Crippen molar-refractivity contribution in [3.63, 3.8) is 0 Å². The third-order valence-corrected chi connectivity index (χ3v) is 4.10. The van der Waals surface area contributed by atoms with Gasteiger partial charge in [0.1, 0.15) is 11.8 Å². The Balaban J connectivity index is 2.33. The molecule has 2 aromatic carbocycles. The lowest BCUT2D eigenvalue weighted by Crippen LogP contribution is -1.96. The number of anilines is 2. The first-order valence-electron chi connectivity index (χ1n) is 6.46. The van der Waals surface area contributed by atoms with Crippen molar-refractivity contribution in [1.82, 2.24) is 0 Å². The minimum atomic E-state index is 0.528. The van der Waals surface area contributed by atoms with Crippen LogP contribution in [-0.2, 0) is 0 Å². The first-order valence-corrected chi connectivity index (χ1v) is 7.82. The predicted octanol–water partition coefficient (Wildman–Crippen LogP) is 5.08. The van der Waals surface area contributed by atoms with E-state index in [0.29, 0.717) is 16.3 Å². The number of nitriles is 1. The third-order valence-electron chi connectivity index (χ3n) is 2.87. The number of benzene rings is 2. The van der Waals surface area contributed by atoms with Crippen molar-refractivity contribution in [3.8, 4) is 11.8 Å². The number of ether oxygens (including phenoxy) is 1. The van der Waals surface area contributed by atoms with Crippen molar-refractivity contribution in [2.24, 2.45) is 0 Å². The second-order valence-electron chi connectivity index (χ2n) is 4.20. The topological polar surface area (TPSA) is 45.0 Å². The standard InChI is InChI=1S/C16H15ClN2OS/c1-3-21-16-6-4-5-14(12(16)10-18)19-11-7-8-15(20-2)13(17)9-11/h4-9,19H,3H2,1-2H3. The number of halogens is 1. The molecule has 5 heteroatoms. The highest BCUT2D eigenvalue weighted by Gasteiger charge is 2.09. The summed E-state index contributed by atoms with van der Waals surface area (Å²) in [6.07, 6.45) is 0. The van der Waals surface area contributed by atoms with Crippen LogP contribution in [0.3, 0.4) is 0 Å². The van der Waals surface area contributed by atoms with Crippen molar-refractivity contribution in [1.29, 1.82) is 5.26 Å². The molecule has 0 saturated heterocycles. The van der Waals surface area contributed by atoms with Crippen LogP contribution in [0.4, 0.5) is 11.4 Å². The number of hydrogen-bond acceptors (Lipinski definition) is 4. The molecule has 0 saturated carbocycles. The Morgan fingerprint density at radius 1 is 1.33 bits per heavy atom. The van der Waals surface area contributed by atoms with Crippen LogP contribution in [-0.4, -0.2) is 12.9 Å². The summed E-state index contributed by atoms with van der Waals surface area (Å²) in [5.74, 6) is 1.55. The van der Waals surface area contributed by atoms with Crippen molar-refractivity contribution in [2.45, 2.75) is 11.8 Å². The highest BCUT2D eigenvalue weighted by atomic mass is 35.5. The Kier molecular flexibility index (Phi) is 5.38. The maximum Gasteiger partial charge on any atom is 0.137 e. The van der Waals surface area contributed by atoms with Gasteiger partial charge in [0.25, 0.3) is 0 Å². The average molecular weight is 319 g/mol. The Bertz CT molecular complexity index is 682. The molecule has 21 heavy (non-hydrogen) atoms. The van der Waals surface area contributed by atoms with E-state index in [1.807, 2.05) is 24.3 Å². The zero-order valence-electron chi connectivity index (χ0n) is 11.8. The molecule has 0 aliphatic carbocycles. The first-order chi connectivity index (χ1) is 10.2. The van der Waals surface area contributed by atoms with E-state index in [1.54, 1.807) is 31.0 Å². The van der Waals surface area contributed by atoms with Crippen LogP contribution in [0.2, 0.25) is 5.02 Å². The summed E-state index contributed by atoms with van der Waals surface area (Å²) >= 11 is 7.77. The molecule has 0 atom stereocenters. The Morgan fingerprint density at radius 2 is 2.14 bits per heavy atom. The number of hydrogen-bond donors (Lipinski definition) is 1. The Labute approximate surface area is 133 Å². The smallest absolute Gasteiger partial charge is 0.137 e. The fraction of sp³-hybridized carbons (Fsp3) is 0.188. The summed E-state index contributed by atoms with van der Waals surface area (Å²) in [7, 11) is 1.58. The van der Waals surface area contributed by atoms with E-state index in [0.717, 1.165) is 22.0 Å². The number of nitrogens with zero attached hydrogens (tertiary/aromatic N) is 1. The van der Waals surface area contributed by atoms with Crippen LogP contribution < -0.4 is 10.1 Å². The molecule has 2 aromatic rings. The lowest BCUT2D eigenvalue weighted by atomic mass is 10.2. The van der Waals surface area contributed by atoms with Crippen molar-refractivity contribution >= 4 is 34.7 Å². The van der Waals surface area contributed by atoms with E-state index < -0.39 is 0 Å². The predicted molar refractivity (Wildman–Crippen MR) is 88.8 cm³/mol. The number of rotatable bonds is 5. The molecule has 0 spiro atoms. The summed E-state index contributed by atoms with van der Waals surface area (Å²) in [5, 5.41) is 13.2. The summed E-state index contributed by atoms with van der Waals surface area (Å²) < 4.78 is 5.13. The molecule has 0 aliphatic heterocycles. The fourth-order valence-corrected chi connectivity index (χ4v) is 2.97. The van der Waals surface area contributed by atoms with Crippen LogP contribution in [0.1, 0.15) is 12.5 Å². The quantitative estimate of drug-likeness (QED) is 0.781. The molecule has 0 fully saturated rings. The first kappa shape index (κ1) is 15.6. The van der Waals surface area contributed by atoms with Crippen LogP contribution in [0.15, 0.2) is 41.3 Å². The van der Waals surface area contributed by atoms with E-state index in [4.69, 9.17) is 16.3 Å². The van der Waals surface area contributed by atoms with Gasteiger partial charge in [-0.3, -0.25) is 0 Å². The fourth-order valence-electron chi connectivity index (χ4n) is 1.93. The van der Waals surface area contributed by atoms with Gasteiger partial charge >= 0.3 is 0 Å². The van der Waals surface area contributed by atoms with Gasteiger partial charge in [0.2, 0.25) is 0 Å². The van der Waals surface area contributed by atoms with E-state index in [2.05, 4.69) is 18.3 Å². The molecular weight excluding hydrogens is 304 g/mol. The summed E-state index contributed by atoms with van der Waals surface area (Å²) in [4.78, 5) is 0.976. The van der Waals surface area contributed by atoms with Crippen LogP contribution >= 0.6 is 23.4 Å². The summed E-state index contributed by atoms with van der Waals surface area (Å²) in [6, 6.07) is 13.5. The average Bonchev–Trinajstić information content (AvgIpc) is 2.48. The Morgan fingerprint density at radius 3 is 2.76 bits per heavy atom. The molecule has 0 radical (unpaired) electrons. The van der Waals surface area contributed by atoms with Gasteiger partial charge in [-0.1, -0.05) is 24.6 Å². The van der Waals surface area contributed by atoms with Crippen molar-refractivity contribution in [3.05, 3.63) is 47.0 Å². The van der Waals surface area contributed by atoms with Crippen LogP contribution in [0.5, 0.6) is 5.75 Å². The highest BCUT2D eigenvalue weighted by Crippen LogP contribution is 2.32. The molecule has 1 N–H and O–H groups in total. The maximum absolute atomic E-state index is 9.39. The number of methoxy groups -OCH3 is 1. The van der Waals surface area contributed by atoms with E-state index in [1.165, 1.54) is 0 Å². The van der Waals surface area contributed by atoms with Gasteiger partial charge in [0, 0.05) is 10.6 Å². The molecule has 0 amide bonds. The monoisotopic (exact) mass is 318 g/mol. The molecule has 0 aliphatic rings. The molecule has 0 unspecified atom stereocenters. The lowest BCUT2D eigenvalue weighted by Gasteiger charge is -2.12. The SMILES string of the molecule is CCSc1cccc(Nc2ccc(OC)c(Cl)c2)c1C#N. The molecule has 0 aromatic heterocycles. The van der Waals surface area contributed by atoms with Crippen molar-refractivity contribution in [2.75, 3.05) is 18.2 Å². The van der Waals surface area contributed by atoms with Gasteiger partial charge in [0.15, 0.2) is 0 Å². The maximum atomic E-state index is 9.39. The van der Waals surface area contributed by atoms with Gasteiger partial charge in [-0.15, -0.1) is 11.8 Å². The normalized spacial score (nSPS) is 10.0. The van der Waals surface area contributed by atoms with Gasteiger partial charge < -0.3 is 10.1 Å². The molecule has 108 valence electrons. The van der Waals surface area contributed by atoms with Crippen molar-refractivity contribution < 1.29 is 4.74 Å². The summed E-state index contributed by atoms with van der Waals surface area (Å²) in [5.41, 5.74) is 2.24. The van der Waals surface area contributed by atoms with Gasteiger partial charge in [-0.2, -0.15) is 5.26 Å². The lowest BCUT2D eigenvalue weighted by molar-refractivity contribution is 0.415. The highest BCUT2D eigenvalue weighted by molar-refractivity contribution is 7.99. The third kappa shape index (κ3) is 3.63. The number of thioether (sulfide) groups is 1. The summed E-state index contributed by atoms with van der Waals surface area (Å²) in [6.45, 7) is 2.06. The van der Waals surface area contributed by atoms with Gasteiger partial charge in [-0.25, -0.2) is 0 Å². The minimum absolute atomic E-state index is 0.528. The van der Waals surface area contributed by atoms with E-state index >= 15 is 0 Å². The molecule has 0 bridgehead atoms. The molecule has 2 rings (SSSR count). The van der Waals surface area contributed by atoms with E-state index in [-0.39, 0.29) is 0 Å². The molecule has 0 heterocycles. The molecule has 3 nitrogen and oxygen atoms in total. The van der Waals surface area contributed by atoms with E-state index in [9.17, 15) is 5.26 Å². The second-order valence-corrected chi connectivity index (χ2v) is 5.91. The van der Waals surface area contributed by atoms with Crippen LogP contribution in [0.25, 0.3) is 0 Å². The van der Waals surface area contributed by atoms with Crippen LogP contribution in [0, 0.1) is 11.3 Å². The zero-order chi connectivity index (χ0) is 15.2. The second kappa shape index (κ2) is 7.26. The van der Waals surface area contributed by atoms with Gasteiger partial charge in [-0.05, 0) is 36.1 Å².